The first-order valence-electron chi connectivity index (χ1n) is 12.4. The molecule has 2 nitrogen and oxygen atoms in total. The smallest absolute Gasteiger partial charge is 0.0788 e. The second-order valence-corrected chi connectivity index (χ2v) is 10.4. The van der Waals surface area contributed by atoms with Gasteiger partial charge in [0.1, 0.15) is 0 Å². The van der Waals surface area contributed by atoms with Crippen molar-refractivity contribution in [2.75, 3.05) is 0 Å². The van der Waals surface area contributed by atoms with Gasteiger partial charge in [-0.2, -0.15) is 0 Å². The summed E-state index contributed by atoms with van der Waals surface area (Å²) in [6.07, 6.45) is 4.83. The molecule has 7 rings (SSSR count). The fraction of sp³-hybridized carbons (Fsp3) is 0.0909. The van der Waals surface area contributed by atoms with Crippen LogP contribution in [0.15, 0.2) is 97.3 Å². The summed E-state index contributed by atoms with van der Waals surface area (Å²) in [4.78, 5) is 9.59. The van der Waals surface area contributed by atoms with E-state index < -0.39 is 0 Å². The van der Waals surface area contributed by atoms with Crippen molar-refractivity contribution in [2.24, 2.45) is 0 Å². The van der Waals surface area contributed by atoms with E-state index in [1.54, 1.807) is 0 Å². The average Bonchev–Trinajstić information content (AvgIpc) is 3.31. The average molecular weight is 481 g/mol. The predicted molar refractivity (Wildman–Crippen MR) is 155 cm³/mol. The number of rotatable bonds is 3. The number of pyridine rings is 2. The third-order valence-electron chi connectivity index (χ3n) is 7.28. The molecule has 0 spiro atoms. The summed E-state index contributed by atoms with van der Waals surface area (Å²) in [5.41, 5.74) is 8.29. The summed E-state index contributed by atoms with van der Waals surface area (Å²) < 4.78 is 2.64. The molecule has 0 N–H and O–H groups in total. The molecule has 0 radical (unpaired) electrons. The highest BCUT2D eigenvalue weighted by atomic mass is 32.1. The molecule has 0 saturated heterocycles. The normalized spacial score (nSPS) is 11.7. The largest absolute Gasteiger partial charge is 0.264 e. The number of aryl methyl sites for hydroxylation is 2. The van der Waals surface area contributed by atoms with Crippen LogP contribution in [0.4, 0.5) is 0 Å². The lowest BCUT2D eigenvalue weighted by atomic mass is 9.93. The molecule has 0 bridgehead atoms. The van der Waals surface area contributed by atoms with Gasteiger partial charge < -0.3 is 0 Å². The van der Waals surface area contributed by atoms with Gasteiger partial charge in [0.25, 0.3) is 0 Å². The Bertz CT molecular complexity index is 1950. The van der Waals surface area contributed by atoms with Gasteiger partial charge in [-0.1, -0.05) is 67.6 Å². The van der Waals surface area contributed by atoms with Crippen LogP contribution in [0.25, 0.3) is 64.2 Å². The lowest BCUT2D eigenvalue weighted by Crippen LogP contribution is -1.94. The van der Waals surface area contributed by atoms with E-state index in [0.717, 1.165) is 23.2 Å². The Morgan fingerprint density at radius 1 is 0.750 bits per heavy atom. The maximum absolute atomic E-state index is 5.27. The molecule has 0 aliphatic carbocycles. The summed E-state index contributed by atoms with van der Waals surface area (Å²) in [5.74, 6) is 0. The van der Waals surface area contributed by atoms with Crippen LogP contribution in [0.2, 0.25) is 0 Å². The molecule has 172 valence electrons. The van der Waals surface area contributed by atoms with Crippen molar-refractivity contribution >= 4 is 53.2 Å². The second kappa shape index (κ2) is 8.25. The van der Waals surface area contributed by atoms with Crippen molar-refractivity contribution in [1.29, 1.82) is 0 Å². The zero-order valence-electron chi connectivity index (χ0n) is 20.2. The summed E-state index contributed by atoms with van der Waals surface area (Å²) in [6.45, 7) is 4.38. The zero-order chi connectivity index (χ0) is 24.2. The summed E-state index contributed by atoms with van der Waals surface area (Å²) >= 11 is 1.87. The van der Waals surface area contributed by atoms with Gasteiger partial charge in [-0.3, -0.25) is 4.98 Å². The second-order valence-electron chi connectivity index (χ2n) is 9.36. The highest BCUT2D eigenvalue weighted by Crippen LogP contribution is 2.42. The molecule has 3 heterocycles. The van der Waals surface area contributed by atoms with Crippen LogP contribution in [0.1, 0.15) is 18.1 Å². The van der Waals surface area contributed by atoms with Gasteiger partial charge in [-0.25, -0.2) is 4.98 Å². The standard InChI is InChI=1S/C33H24N2S/c1-3-21-19-34-17-16-24(21)23-13-12-22(18-20(23)2)32-27-10-5-4-9-26(27)31-29(35-32)15-14-28-25-8-6-7-11-30(25)36-33(28)31/h4-19H,3H2,1-2H3. The molecule has 0 fully saturated rings. The first-order valence-corrected chi connectivity index (χ1v) is 13.2. The van der Waals surface area contributed by atoms with Crippen molar-refractivity contribution in [2.45, 2.75) is 20.3 Å². The molecule has 0 saturated carbocycles. The quantitative estimate of drug-likeness (QED) is 0.235. The van der Waals surface area contributed by atoms with E-state index >= 15 is 0 Å². The Kier molecular flexibility index (Phi) is 4.86. The van der Waals surface area contributed by atoms with E-state index in [0.29, 0.717) is 0 Å². The summed E-state index contributed by atoms with van der Waals surface area (Å²) in [7, 11) is 0. The fourth-order valence-electron chi connectivity index (χ4n) is 5.53. The number of hydrogen-bond acceptors (Lipinski definition) is 3. The molecule has 7 aromatic rings. The van der Waals surface area contributed by atoms with E-state index in [9.17, 15) is 0 Å². The van der Waals surface area contributed by atoms with Crippen molar-refractivity contribution in [3.63, 3.8) is 0 Å². The molecule has 4 aromatic carbocycles. The van der Waals surface area contributed by atoms with Crippen LogP contribution in [0.5, 0.6) is 0 Å². The first kappa shape index (κ1) is 21.2. The molecule has 0 amide bonds. The van der Waals surface area contributed by atoms with Crippen molar-refractivity contribution in [3.05, 3.63) is 108 Å². The molecule has 0 unspecified atom stereocenters. The lowest BCUT2D eigenvalue weighted by Gasteiger charge is -2.14. The van der Waals surface area contributed by atoms with E-state index in [2.05, 4.69) is 104 Å². The molecule has 0 aliphatic heterocycles. The molecule has 0 atom stereocenters. The van der Waals surface area contributed by atoms with E-state index in [-0.39, 0.29) is 0 Å². The molecular formula is C33H24N2S. The predicted octanol–water partition coefficient (Wildman–Crippen LogP) is 9.36. The Labute approximate surface area is 213 Å². The molecule has 3 aromatic heterocycles. The van der Waals surface area contributed by atoms with Gasteiger partial charge >= 0.3 is 0 Å². The van der Waals surface area contributed by atoms with Gasteiger partial charge in [-0.15, -0.1) is 11.3 Å². The van der Waals surface area contributed by atoms with Crippen LogP contribution >= 0.6 is 11.3 Å². The minimum Gasteiger partial charge on any atom is -0.264 e. The Balaban J connectivity index is 1.48. The monoisotopic (exact) mass is 480 g/mol. The topological polar surface area (TPSA) is 25.8 Å². The van der Waals surface area contributed by atoms with Crippen LogP contribution < -0.4 is 0 Å². The number of thiophene rings is 1. The number of aromatic nitrogens is 2. The number of fused-ring (bicyclic) bond motifs is 7. The van der Waals surface area contributed by atoms with Gasteiger partial charge in [0.05, 0.1) is 11.2 Å². The van der Waals surface area contributed by atoms with E-state index in [4.69, 9.17) is 4.98 Å². The van der Waals surface area contributed by atoms with Crippen molar-refractivity contribution < 1.29 is 0 Å². The SMILES string of the molecule is CCc1cnccc1-c1ccc(-c2nc3ccc4c5ccccc5sc4c3c3ccccc23)cc1C. The van der Waals surface area contributed by atoms with Crippen LogP contribution in [-0.2, 0) is 6.42 Å². The highest BCUT2D eigenvalue weighted by Gasteiger charge is 2.16. The maximum Gasteiger partial charge on any atom is 0.0788 e. The van der Waals surface area contributed by atoms with Gasteiger partial charge in [0.2, 0.25) is 0 Å². The van der Waals surface area contributed by atoms with Crippen LogP contribution in [0.3, 0.4) is 0 Å². The third kappa shape index (κ3) is 3.16. The number of benzene rings is 4. The van der Waals surface area contributed by atoms with E-state index in [1.807, 2.05) is 23.7 Å². The number of hydrogen-bond donors (Lipinski definition) is 0. The summed E-state index contributed by atoms with van der Waals surface area (Å²) in [5, 5.41) is 6.35. The van der Waals surface area contributed by atoms with Gasteiger partial charge in [0, 0.05) is 48.9 Å². The van der Waals surface area contributed by atoms with Crippen LogP contribution in [0, 0.1) is 6.92 Å². The Hall–Kier alpha value is -4.08. The lowest BCUT2D eigenvalue weighted by molar-refractivity contribution is 1.10. The first-order chi connectivity index (χ1) is 17.7. The Morgan fingerprint density at radius 3 is 2.39 bits per heavy atom. The van der Waals surface area contributed by atoms with Gasteiger partial charge in [-0.05, 0) is 65.3 Å². The summed E-state index contributed by atoms with van der Waals surface area (Å²) in [6, 6.07) is 30.7. The third-order valence-corrected chi connectivity index (χ3v) is 8.49. The maximum atomic E-state index is 5.27. The molecule has 0 aliphatic rings. The zero-order valence-corrected chi connectivity index (χ0v) is 21.1. The van der Waals surface area contributed by atoms with Gasteiger partial charge in [0.15, 0.2) is 0 Å². The highest BCUT2D eigenvalue weighted by molar-refractivity contribution is 7.26. The molecule has 36 heavy (non-hydrogen) atoms. The molecular weight excluding hydrogens is 456 g/mol. The minimum absolute atomic E-state index is 0.966. The van der Waals surface area contributed by atoms with Crippen LogP contribution in [-0.4, -0.2) is 9.97 Å². The number of nitrogens with zero attached hydrogens (tertiary/aromatic N) is 2. The molecule has 3 heteroatoms. The van der Waals surface area contributed by atoms with Crippen molar-refractivity contribution in [3.8, 4) is 22.4 Å². The Morgan fingerprint density at radius 2 is 1.56 bits per heavy atom. The minimum atomic E-state index is 0.966. The van der Waals surface area contributed by atoms with Crippen molar-refractivity contribution in [1.82, 2.24) is 9.97 Å². The fourth-order valence-corrected chi connectivity index (χ4v) is 6.78. The van der Waals surface area contributed by atoms with E-state index in [1.165, 1.54) is 58.6 Å².